The van der Waals surface area contributed by atoms with E-state index in [1.165, 1.54) is 0 Å². The molecule has 0 radical (unpaired) electrons. The van der Waals surface area contributed by atoms with Gasteiger partial charge in [-0.15, -0.1) is 0 Å². The predicted molar refractivity (Wildman–Crippen MR) is 109 cm³/mol. The summed E-state index contributed by atoms with van der Waals surface area (Å²) in [5.74, 6) is -0.280. The van der Waals surface area contributed by atoms with Crippen LogP contribution in [0.15, 0.2) is 60.7 Å². The van der Waals surface area contributed by atoms with Crippen molar-refractivity contribution in [3.63, 3.8) is 0 Å². The number of benzene rings is 2. The molecule has 2 atom stereocenters. The monoisotopic (exact) mass is 376 g/mol. The smallest absolute Gasteiger partial charge is 0.307 e. The van der Waals surface area contributed by atoms with Crippen LogP contribution in [0.2, 0.25) is 0 Å². The molecule has 0 saturated carbocycles. The van der Waals surface area contributed by atoms with E-state index >= 15 is 0 Å². The fourth-order valence-corrected chi connectivity index (χ4v) is 4.06. The van der Waals surface area contributed by atoms with Crippen LogP contribution in [0.25, 0.3) is 10.9 Å². The van der Waals surface area contributed by atoms with Crippen molar-refractivity contribution in [2.45, 2.75) is 18.9 Å². The number of pyridine rings is 1. The number of aliphatic carboxylic acids is 1. The van der Waals surface area contributed by atoms with Crippen molar-refractivity contribution in [1.82, 2.24) is 9.88 Å². The van der Waals surface area contributed by atoms with Crippen LogP contribution in [0.1, 0.15) is 30.1 Å². The molecule has 0 bridgehead atoms. The summed E-state index contributed by atoms with van der Waals surface area (Å²) in [6.45, 7) is 1.37. The number of fused-ring (bicyclic) bond motifs is 1. The number of ether oxygens (including phenoxy) is 1. The SMILES string of the molecule is COc1cccc(C(c2ccc3ccccc3n2)N2CCCC(C(=O)O)C2)c1. The van der Waals surface area contributed by atoms with Gasteiger partial charge < -0.3 is 9.84 Å². The standard InChI is InChI=1S/C23H24N2O3/c1-28-19-9-4-7-17(14-19)22(25-13-5-8-18(15-25)23(26)27)21-12-11-16-6-2-3-10-20(16)24-21/h2-4,6-7,9-12,14,18,22H,5,8,13,15H2,1H3,(H,26,27). The topological polar surface area (TPSA) is 62.7 Å². The number of methoxy groups -OCH3 is 1. The molecule has 144 valence electrons. The molecule has 4 rings (SSSR count). The Morgan fingerprint density at radius 2 is 2.04 bits per heavy atom. The first-order valence-electron chi connectivity index (χ1n) is 9.62. The second-order valence-corrected chi connectivity index (χ2v) is 7.28. The van der Waals surface area contributed by atoms with Gasteiger partial charge in [0.15, 0.2) is 0 Å². The highest BCUT2D eigenvalue weighted by atomic mass is 16.5. The lowest BCUT2D eigenvalue weighted by molar-refractivity contribution is -0.143. The molecule has 2 heterocycles. The fraction of sp³-hybridized carbons (Fsp3) is 0.304. The lowest BCUT2D eigenvalue weighted by Crippen LogP contribution is -2.41. The molecular weight excluding hydrogens is 352 g/mol. The summed E-state index contributed by atoms with van der Waals surface area (Å²) in [7, 11) is 1.66. The summed E-state index contributed by atoms with van der Waals surface area (Å²) in [4.78, 5) is 18.8. The maximum atomic E-state index is 11.6. The van der Waals surface area contributed by atoms with Gasteiger partial charge in [0.2, 0.25) is 0 Å². The average Bonchev–Trinajstić information content (AvgIpc) is 2.74. The van der Waals surface area contributed by atoms with Gasteiger partial charge in [0, 0.05) is 11.9 Å². The maximum Gasteiger partial charge on any atom is 0.307 e. The van der Waals surface area contributed by atoms with E-state index in [1.807, 2.05) is 42.5 Å². The zero-order chi connectivity index (χ0) is 19.5. The summed E-state index contributed by atoms with van der Waals surface area (Å²) in [6, 6.07) is 20.1. The number of likely N-dealkylation sites (tertiary alicyclic amines) is 1. The van der Waals surface area contributed by atoms with Crippen molar-refractivity contribution in [3.8, 4) is 5.75 Å². The van der Waals surface area contributed by atoms with Gasteiger partial charge in [0.05, 0.1) is 30.3 Å². The van der Waals surface area contributed by atoms with Crippen LogP contribution in [-0.2, 0) is 4.79 Å². The van der Waals surface area contributed by atoms with Crippen molar-refractivity contribution < 1.29 is 14.6 Å². The molecule has 1 aromatic heterocycles. The van der Waals surface area contributed by atoms with E-state index in [4.69, 9.17) is 9.72 Å². The Hall–Kier alpha value is -2.92. The van der Waals surface area contributed by atoms with Crippen molar-refractivity contribution >= 4 is 16.9 Å². The molecule has 5 heteroatoms. The van der Waals surface area contributed by atoms with E-state index in [0.717, 1.165) is 47.3 Å². The minimum Gasteiger partial charge on any atom is -0.497 e. The molecule has 1 fully saturated rings. The number of carbonyl (C=O) groups is 1. The second-order valence-electron chi connectivity index (χ2n) is 7.28. The van der Waals surface area contributed by atoms with Crippen LogP contribution >= 0.6 is 0 Å². The van der Waals surface area contributed by atoms with Crippen molar-refractivity contribution in [2.75, 3.05) is 20.2 Å². The molecule has 0 aliphatic carbocycles. The summed E-state index contributed by atoms with van der Waals surface area (Å²) >= 11 is 0. The van der Waals surface area contributed by atoms with Crippen LogP contribution in [0.3, 0.4) is 0 Å². The largest absolute Gasteiger partial charge is 0.497 e. The number of nitrogens with zero attached hydrogens (tertiary/aromatic N) is 2. The van der Waals surface area contributed by atoms with Gasteiger partial charge in [0.1, 0.15) is 5.75 Å². The van der Waals surface area contributed by atoms with E-state index < -0.39 is 5.97 Å². The Balaban J connectivity index is 1.78. The first-order chi connectivity index (χ1) is 13.7. The van der Waals surface area contributed by atoms with E-state index in [-0.39, 0.29) is 12.0 Å². The normalized spacial score (nSPS) is 18.7. The van der Waals surface area contributed by atoms with Gasteiger partial charge in [-0.05, 0) is 49.2 Å². The first kappa shape index (κ1) is 18.4. The van der Waals surface area contributed by atoms with Gasteiger partial charge in [0.25, 0.3) is 0 Å². The van der Waals surface area contributed by atoms with E-state index in [9.17, 15) is 9.90 Å². The molecule has 1 aliphatic heterocycles. The molecule has 3 aromatic rings. The number of rotatable bonds is 5. The third kappa shape index (κ3) is 3.71. The average molecular weight is 376 g/mol. The summed E-state index contributed by atoms with van der Waals surface area (Å²) in [5, 5.41) is 10.6. The van der Waals surface area contributed by atoms with Crippen molar-refractivity contribution in [1.29, 1.82) is 0 Å². The number of carboxylic acids is 1. The predicted octanol–water partition coefficient (Wildman–Crippen LogP) is 4.13. The molecule has 1 N–H and O–H groups in total. The number of hydrogen-bond donors (Lipinski definition) is 1. The van der Waals surface area contributed by atoms with Crippen molar-refractivity contribution in [3.05, 3.63) is 71.9 Å². The third-order valence-corrected chi connectivity index (χ3v) is 5.48. The minimum absolute atomic E-state index is 0.109. The van der Waals surface area contributed by atoms with Gasteiger partial charge >= 0.3 is 5.97 Å². The quantitative estimate of drug-likeness (QED) is 0.725. The van der Waals surface area contributed by atoms with Crippen LogP contribution in [-0.4, -0.2) is 41.2 Å². The zero-order valence-corrected chi connectivity index (χ0v) is 15.9. The summed E-state index contributed by atoms with van der Waals surface area (Å²) in [5.41, 5.74) is 2.94. The molecule has 0 amide bonds. The Morgan fingerprint density at radius 1 is 1.18 bits per heavy atom. The number of para-hydroxylation sites is 1. The molecule has 2 unspecified atom stereocenters. The van der Waals surface area contributed by atoms with E-state index in [1.54, 1.807) is 7.11 Å². The highest BCUT2D eigenvalue weighted by Gasteiger charge is 2.32. The zero-order valence-electron chi connectivity index (χ0n) is 15.9. The van der Waals surface area contributed by atoms with Crippen LogP contribution in [0, 0.1) is 5.92 Å². The van der Waals surface area contributed by atoms with E-state index in [2.05, 4.69) is 23.1 Å². The minimum atomic E-state index is -0.722. The Morgan fingerprint density at radius 3 is 2.86 bits per heavy atom. The van der Waals surface area contributed by atoms with Crippen LogP contribution in [0.4, 0.5) is 0 Å². The van der Waals surface area contributed by atoms with E-state index in [0.29, 0.717) is 6.54 Å². The van der Waals surface area contributed by atoms with Gasteiger partial charge in [-0.2, -0.15) is 0 Å². The van der Waals surface area contributed by atoms with Gasteiger partial charge in [-0.1, -0.05) is 36.4 Å². The van der Waals surface area contributed by atoms with Crippen LogP contribution in [0.5, 0.6) is 5.75 Å². The number of aromatic nitrogens is 1. The fourth-order valence-electron chi connectivity index (χ4n) is 4.06. The summed E-state index contributed by atoms with van der Waals surface area (Å²) in [6.07, 6.45) is 1.59. The highest BCUT2D eigenvalue weighted by molar-refractivity contribution is 5.78. The first-order valence-corrected chi connectivity index (χ1v) is 9.62. The molecule has 0 spiro atoms. The molecule has 28 heavy (non-hydrogen) atoms. The third-order valence-electron chi connectivity index (χ3n) is 5.48. The maximum absolute atomic E-state index is 11.6. The number of hydrogen-bond acceptors (Lipinski definition) is 4. The lowest BCUT2D eigenvalue weighted by Gasteiger charge is -2.37. The highest BCUT2D eigenvalue weighted by Crippen LogP contribution is 2.34. The molecule has 5 nitrogen and oxygen atoms in total. The Bertz CT molecular complexity index is 988. The second kappa shape index (κ2) is 7.98. The molecule has 1 saturated heterocycles. The summed E-state index contributed by atoms with van der Waals surface area (Å²) < 4.78 is 5.42. The molecular formula is C23H24N2O3. The van der Waals surface area contributed by atoms with Gasteiger partial charge in [-0.3, -0.25) is 14.7 Å². The number of piperidine rings is 1. The Kier molecular flexibility index (Phi) is 5.26. The van der Waals surface area contributed by atoms with Crippen molar-refractivity contribution in [2.24, 2.45) is 5.92 Å². The van der Waals surface area contributed by atoms with Gasteiger partial charge in [-0.25, -0.2) is 0 Å². The van der Waals surface area contributed by atoms with Crippen LogP contribution < -0.4 is 4.74 Å². The Labute approximate surface area is 164 Å². The molecule has 1 aliphatic rings. The lowest BCUT2D eigenvalue weighted by atomic mass is 9.93. The molecule has 2 aromatic carbocycles. The number of carboxylic acid groups (broad SMARTS) is 1.